The van der Waals surface area contributed by atoms with Crippen LogP contribution in [-0.4, -0.2) is 61.8 Å². The summed E-state index contributed by atoms with van der Waals surface area (Å²) >= 11 is 0. The van der Waals surface area contributed by atoms with Crippen LogP contribution in [0.2, 0.25) is 0 Å². The molecule has 0 spiro atoms. The Morgan fingerprint density at radius 3 is 2.53 bits per heavy atom. The van der Waals surface area contributed by atoms with Gasteiger partial charge in [-0.2, -0.15) is 4.52 Å². The minimum Gasteiger partial charge on any atom is -0.353 e. The van der Waals surface area contributed by atoms with Gasteiger partial charge in [-0.25, -0.2) is 4.39 Å². The molecule has 9 heteroatoms. The first-order chi connectivity index (χ1) is 15.7. The Morgan fingerprint density at radius 1 is 0.906 bits per heavy atom. The van der Waals surface area contributed by atoms with Gasteiger partial charge in [0, 0.05) is 44.1 Å². The van der Waals surface area contributed by atoms with E-state index in [0.29, 0.717) is 31.1 Å². The zero-order valence-corrected chi connectivity index (χ0v) is 17.4. The second-order valence-electron chi connectivity index (χ2n) is 7.75. The maximum absolute atomic E-state index is 13.1. The molecule has 0 radical (unpaired) electrons. The molecule has 1 saturated heterocycles. The Hall–Kier alpha value is -3.88. The molecule has 5 rings (SSSR count). The van der Waals surface area contributed by atoms with Gasteiger partial charge >= 0.3 is 0 Å². The molecular formula is C23H22FN7O. The molecule has 1 amide bonds. The van der Waals surface area contributed by atoms with Crippen molar-refractivity contribution in [3.63, 3.8) is 0 Å². The topological polar surface area (TPSA) is 79.5 Å². The molecule has 0 atom stereocenters. The average Bonchev–Trinajstić information content (AvgIpc) is 3.08. The summed E-state index contributed by atoms with van der Waals surface area (Å²) in [7, 11) is 0. The summed E-state index contributed by atoms with van der Waals surface area (Å²) in [5.41, 5.74) is 2.39. The molecule has 0 bridgehead atoms. The van der Waals surface area contributed by atoms with Gasteiger partial charge in [0.2, 0.25) is 5.91 Å². The Bertz CT molecular complexity index is 1230. The van der Waals surface area contributed by atoms with E-state index < -0.39 is 0 Å². The predicted octanol–water partition coefficient (Wildman–Crippen LogP) is 2.61. The number of hydrogen-bond donors (Lipinski definition) is 0. The van der Waals surface area contributed by atoms with Crippen LogP contribution < -0.4 is 4.90 Å². The number of carbonyl (C=O) groups excluding carboxylic acids is 1. The van der Waals surface area contributed by atoms with Crippen molar-refractivity contribution in [2.24, 2.45) is 0 Å². The van der Waals surface area contributed by atoms with Crippen LogP contribution in [-0.2, 0) is 11.2 Å². The van der Waals surface area contributed by atoms with Gasteiger partial charge < -0.3 is 9.80 Å². The minimum absolute atomic E-state index is 0.0562. The third kappa shape index (κ3) is 4.14. The van der Waals surface area contributed by atoms with Crippen LogP contribution in [0, 0.1) is 5.82 Å². The van der Waals surface area contributed by atoms with Crippen molar-refractivity contribution in [3.8, 4) is 11.4 Å². The molecule has 162 valence electrons. The molecular weight excluding hydrogens is 409 g/mol. The van der Waals surface area contributed by atoms with E-state index in [9.17, 15) is 9.18 Å². The number of amides is 1. The van der Waals surface area contributed by atoms with Crippen LogP contribution in [0.1, 0.15) is 12.0 Å². The lowest BCUT2D eigenvalue weighted by Gasteiger charge is -2.23. The summed E-state index contributed by atoms with van der Waals surface area (Å²) in [6.45, 7) is 2.78. The predicted molar refractivity (Wildman–Crippen MR) is 118 cm³/mol. The fraction of sp³-hybridized carbons (Fsp3) is 0.261. The third-order valence-electron chi connectivity index (χ3n) is 5.63. The van der Waals surface area contributed by atoms with E-state index in [1.165, 1.54) is 12.1 Å². The molecule has 1 aromatic carbocycles. The molecule has 32 heavy (non-hydrogen) atoms. The molecule has 1 aliphatic heterocycles. The number of aromatic nitrogens is 5. The Labute approximate surface area is 184 Å². The minimum atomic E-state index is -0.295. The Morgan fingerprint density at radius 2 is 1.72 bits per heavy atom. The van der Waals surface area contributed by atoms with Crippen molar-refractivity contribution in [1.82, 2.24) is 29.7 Å². The summed E-state index contributed by atoms with van der Waals surface area (Å²) in [6, 6.07) is 13.7. The van der Waals surface area contributed by atoms with E-state index in [2.05, 4.69) is 20.1 Å². The molecule has 0 aliphatic carbocycles. The maximum atomic E-state index is 13.1. The van der Waals surface area contributed by atoms with Crippen LogP contribution in [0.5, 0.6) is 0 Å². The largest absolute Gasteiger partial charge is 0.353 e. The van der Waals surface area contributed by atoms with Gasteiger partial charge in [0.1, 0.15) is 11.6 Å². The zero-order valence-electron chi connectivity index (χ0n) is 17.4. The molecule has 4 aromatic rings. The van der Waals surface area contributed by atoms with Gasteiger partial charge in [-0.3, -0.25) is 9.78 Å². The molecule has 1 fully saturated rings. The highest BCUT2D eigenvalue weighted by Crippen LogP contribution is 2.20. The number of anilines is 1. The fourth-order valence-electron chi connectivity index (χ4n) is 3.91. The number of nitrogens with zero attached hydrogens (tertiary/aromatic N) is 7. The van der Waals surface area contributed by atoms with E-state index >= 15 is 0 Å². The van der Waals surface area contributed by atoms with E-state index in [0.717, 1.165) is 29.9 Å². The molecule has 0 N–H and O–H groups in total. The number of rotatable bonds is 4. The van der Waals surface area contributed by atoms with Gasteiger partial charge in [-0.15, -0.1) is 15.3 Å². The third-order valence-corrected chi connectivity index (χ3v) is 5.63. The molecule has 8 nitrogen and oxygen atoms in total. The quantitative estimate of drug-likeness (QED) is 0.494. The summed E-state index contributed by atoms with van der Waals surface area (Å²) < 4.78 is 14.9. The van der Waals surface area contributed by atoms with Crippen molar-refractivity contribution in [2.75, 3.05) is 31.1 Å². The highest BCUT2D eigenvalue weighted by molar-refractivity contribution is 5.78. The second-order valence-corrected chi connectivity index (χ2v) is 7.75. The van der Waals surface area contributed by atoms with Gasteiger partial charge in [0.05, 0.1) is 6.42 Å². The van der Waals surface area contributed by atoms with Crippen LogP contribution in [0.3, 0.4) is 0 Å². The smallest absolute Gasteiger partial charge is 0.227 e. The number of benzene rings is 1. The lowest BCUT2D eigenvalue weighted by atomic mass is 10.1. The van der Waals surface area contributed by atoms with Crippen molar-refractivity contribution in [1.29, 1.82) is 0 Å². The fourth-order valence-corrected chi connectivity index (χ4v) is 3.91. The summed E-state index contributed by atoms with van der Waals surface area (Å²) in [4.78, 5) is 20.9. The first kappa shape index (κ1) is 20.0. The van der Waals surface area contributed by atoms with Gasteiger partial charge in [0.25, 0.3) is 0 Å². The van der Waals surface area contributed by atoms with Gasteiger partial charge in [0.15, 0.2) is 11.5 Å². The van der Waals surface area contributed by atoms with E-state index in [1.54, 1.807) is 29.0 Å². The SMILES string of the molecule is O=C(Cc1ccc(F)cc1)N1CCCN(c2ccc3nnc(-c4ccncc4)n3n2)CC1. The summed E-state index contributed by atoms with van der Waals surface area (Å²) in [6.07, 6.45) is 4.55. The molecule has 0 unspecified atom stereocenters. The summed E-state index contributed by atoms with van der Waals surface area (Å²) in [5, 5.41) is 13.3. The Balaban J connectivity index is 1.31. The highest BCUT2D eigenvalue weighted by atomic mass is 19.1. The maximum Gasteiger partial charge on any atom is 0.227 e. The van der Waals surface area contributed by atoms with Crippen LogP contribution in [0.25, 0.3) is 17.0 Å². The zero-order chi connectivity index (χ0) is 21.9. The molecule has 0 saturated carbocycles. The van der Waals surface area contributed by atoms with Crippen molar-refractivity contribution in [3.05, 3.63) is 72.3 Å². The van der Waals surface area contributed by atoms with E-state index in [4.69, 9.17) is 5.10 Å². The van der Waals surface area contributed by atoms with Crippen LogP contribution in [0.4, 0.5) is 10.2 Å². The number of fused-ring (bicyclic) bond motifs is 1. The first-order valence-electron chi connectivity index (χ1n) is 10.6. The molecule has 1 aliphatic rings. The van der Waals surface area contributed by atoms with Gasteiger partial charge in [-0.05, 0) is 48.4 Å². The number of pyridine rings is 1. The van der Waals surface area contributed by atoms with Crippen LogP contribution >= 0.6 is 0 Å². The highest BCUT2D eigenvalue weighted by Gasteiger charge is 2.21. The van der Waals surface area contributed by atoms with Gasteiger partial charge in [-0.1, -0.05) is 12.1 Å². The van der Waals surface area contributed by atoms with Crippen molar-refractivity contribution in [2.45, 2.75) is 12.8 Å². The molecule has 4 heterocycles. The lowest BCUT2D eigenvalue weighted by molar-refractivity contribution is -0.130. The van der Waals surface area contributed by atoms with E-state index in [1.807, 2.05) is 29.2 Å². The number of hydrogen-bond acceptors (Lipinski definition) is 6. The number of carbonyl (C=O) groups is 1. The summed E-state index contributed by atoms with van der Waals surface area (Å²) in [5.74, 6) is 1.24. The van der Waals surface area contributed by atoms with Crippen molar-refractivity contribution >= 4 is 17.4 Å². The van der Waals surface area contributed by atoms with Crippen LogP contribution in [0.15, 0.2) is 60.9 Å². The monoisotopic (exact) mass is 431 g/mol. The number of halogens is 1. The molecule has 3 aromatic heterocycles. The van der Waals surface area contributed by atoms with E-state index in [-0.39, 0.29) is 18.1 Å². The first-order valence-corrected chi connectivity index (χ1v) is 10.6. The lowest BCUT2D eigenvalue weighted by Crippen LogP contribution is -2.36. The average molecular weight is 431 g/mol. The second kappa shape index (κ2) is 8.70. The normalized spacial score (nSPS) is 14.5. The standard InChI is InChI=1S/C23H22FN7O/c24-19-4-2-17(3-5-19)16-22(32)30-13-1-12-29(14-15-30)21-7-6-20-26-27-23(31(20)28-21)18-8-10-25-11-9-18/h2-11H,1,12-16H2. The Kier molecular flexibility index (Phi) is 5.45. The van der Waals surface area contributed by atoms with Crippen molar-refractivity contribution < 1.29 is 9.18 Å².